The molecule has 2 aromatic rings. The highest BCUT2D eigenvalue weighted by Gasteiger charge is 2.03. The van der Waals surface area contributed by atoms with E-state index in [9.17, 15) is 0 Å². The predicted octanol–water partition coefficient (Wildman–Crippen LogP) is 4.73. The second kappa shape index (κ2) is 7.48. The maximum atomic E-state index is 6.18. The number of hydrogen-bond donors (Lipinski definition) is 1. The van der Waals surface area contributed by atoms with Gasteiger partial charge in [-0.1, -0.05) is 55.8 Å². The summed E-state index contributed by atoms with van der Waals surface area (Å²) in [6, 6.07) is 14.7. The summed E-state index contributed by atoms with van der Waals surface area (Å²) in [5.41, 5.74) is 3.55. The van der Waals surface area contributed by atoms with Crippen molar-refractivity contribution in [2.24, 2.45) is 0 Å². The van der Waals surface area contributed by atoms with Crippen molar-refractivity contribution in [1.29, 1.82) is 0 Å². The van der Waals surface area contributed by atoms with E-state index in [4.69, 9.17) is 16.3 Å². The van der Waals surface area contributed by atoms with Gasteiger partial charge in [-0.3, -0.25) is 0 Å². The number of halogens is 1. The summed E-state index contributed by atoms with van der Waals surface area (Å²) < 4.78 is 5.81. The number of ether oxygens (including phenoxy) is 1. The van der Waals surface area contributed by atoms with Crippen molar-refractivity contribution in [3.63, 3.8) is 0 Å². The van der Waals surface area contributed by atoms with Crippen LogP contribution in [0.25, 0.3) is 0 Å². The summed E-state index contributed by atoms with van der Waals surface area (Å²) >= 11 is 6.18. The molecule has 0 radical (unpaired) electrons. The van der Waals surface area contributed by atoms with Crippen molar-refractivity contribution in [1.82, 2.24) is 5.32 Å². The smallest absolute Gasteiger partial charge is 0.138 e. The van der Waals surface area contributed by atoms with Crippen LogP contribution in [0.15, 0.2) is 42.5 Å². The highest BCUT2D eigenvalue weighted by molar-refractivity contribution is 6.32. The first kappa shape index (κ1) is 15.9. The van der Waals surface area contributed by atoms with Gasteiger partial charge in [-0.05, 0) is 35.7 Å². The van der Waals surface area contributed by atoms with Crippen molar-refractivity contribution >= 4 is 11.6 Å². The SMILES string of the molecule is Cc1ccc(OCc2cccc(CNC(C)C)c2)c(Cl)c1. The molecule has 112 valence electrons. The molecule has 0 saturated carbocycles. The highest BCUT2D eigenvalue weighted by Crippen LogP contribution is 2.26. The largest absolute Gasteiger partial charge is 0.487 e. The Balaban J connectivity index is 1.98. The normalized spacial score (nSPS) is 10.9. The van der Waals surface area contributed by atoms with Crippen molar-refractivity contribution < 1.29 is 4.74 Å². The standard InChI is InChI=1S/C18H22ClNO/c1-13(2)20-11-15-5-4-6-16(10-15)12-21-18-8-7-14(3)9-17(18)19/h4-10,13,20H,11-12H2,1-3H3. The van der Waals surface area contributed by atoms with Crippen LogP contribution in [0.5, 0.6) is 5.75 Å². The Bertz CT molecular complexity index is 596. The molecule has 0 aliphatic rings. The zero-order valence-electron chi connectivity index (χ0n) is 12.8. The summed E-state index contributed by atoms with van der Waals surface area (Å²) in [6.45, 7) is 7.70. The van der Waals surface area contributed by atoms with Gasteiger partial charge < -0.3 is 10.1 Å². The zero-order valence-corrected chi connectivity index (χ0v) is 13.6. The van der Waals surface area contributed by atoms with Crippen LogP contribution in [0.4, 0.5) is 0 Å². The molecule has 2 nitrogen and oxygen atoms in total. The first-order valence-corrected chi connectivity index (χ1v) is 7.62. The van der Waals surface area contributed by atoms with Gasteiger partial charge >= 0.3 is 0 Å². The van der Waals surface area contributed by atoms with E-state index < -0.39 is 0 Å². The molecular formula is C18H22ClNO. The van der Waals surface area contributed by atoms with Crippen molar-refractivity contribution in [3.05, 3.63) is 64.2 Å². The van der Waals surface area contributed by atoms with Crippen LogP contribution < -0.4 is 10.1 Å². The maximum absolute atomic E-state index is 6.18. The molecular weight excluding hydrogens is 282 g/mol. The fraction of sp³-hybridized carbons (Fsp3) is 0.333. The second-order valence-electron chi connectivity index (χ2n) is 5.58. The minimum Gasteiger partial charge on any atom is -0.487 e. The van der Waals surface area contributed by atoms with Crippen LogP contribution in [0, 0.1) is 6.92 Å². The van der Waals surface area contributed by atoms with Crippen LogP contribution in [-0.4, -0.2) is 6.04 Å². The first-order chi connectivity index (χ1) is 10.0. The van der Waals surface area contributed by atoms with Gasteiger partial charge in [0.25, 0.3) is 0 Å². The summed E-state index contributed by atoms with van der Waals surface area (Å²) in [5, 5.41) is 4.08. The molecule has 0 atom stereocenters. The van der Waals surface area contributed by atoms with E-state index in [1.807, 2.05) is 25.1 Å². The van der Waals surface area contributed by atoms with Gasteiger partial charge in [0.15, 0.2) is 0 Å². The molecule has 21 heavy (non-hydrogen) atoms. The van der Waals surface area contributed by atoms with Crippen LogP contribution in [0.1, 0.15) is 30.5 Å². The molecule has 0 fully saturated rings. The van der Waals surface area contributed by atoms with E-state index in [2.05, 4.69) is 43.4 Å². The third kappa shape index (κ3) is 5.07. The van der Waals surface area contributed by atoms with Crippen molar-refractivity contribution in [2.75, 3.05) is 0 Å². The van der Waals surface area contributed by atoms with Gasteiger partial charge in [-0.15, -0.1) is 0 Å². The third-order valence-corrected chi connectivity index (χ3v) is 3.48. The number of rotatable bonds is 6. The molecule has 0 aliphatic carbocycles. The van der Waals surface area contributed by atoms with Crippen LogP contribution in [0.3, 0.4) is 0 Å². The lowest BCUT2D eigenvalue weighted by molar-refractivity contribution is 0.306. The zero-order chi connectivity index (χ0) is 15.2. The Morgan fingerprint density at radius 2 is 1.86 bits per heavy atom. The van der Waals surface area contributed by atoms with E-state index in [0.29, 0.717) is 17.7 Å². The molecule has 1 N–H and O–H groups in total. The lowest BCUT2D eigenvalue weighted by Gasteiger charge is -2.11. The number of aryl methyl sites for hydroxylation is 1. The van der Waals surface area contributed by atoms with Crippen LogP contribution in [-0.2, 0) is 13.2 Å². The van der Waals surface area contributed by atoms with Gasteiger partial charge in [0, 0.05) is 12.6 Å². The Morgan fingerprint density at radius 3 is 2.57 bits per heavy atom. The molecule has 0 unspecified atom stereocenters. The summed E-state index contributed by atoms with van der Waals surface area (Å²) in [4.78, 5) is 0. The molecule has 0 spiro atoms. The van der Waals surface area contributed by atoms with Gasteiger partial charge in [-0.2, -0.15) is 0 Å². The lowest BCUT2D eigenvalue weighted by atomic mass is 10.1. The topological polar surface area (TPSA) is 21.3 Å². The quantitative estimate of drug-likeness (QED) is 0.833. The average Bonchev–Trinajstić information content (AvgIpc) is 2.45. The molecule has 0 saturated heterocycles. The lowest BCUT2D eigenvalue weighted by Crippen LogP contribution is -2.21. The monoisotopic (exact) mass is 303 g/mol. The van der Waals surface area contributed by atoms with Gasteiger partial charge in [0.1, 0.15) is 12.4 Å². The predicted molar refractivity (Wildman–Crippen MR) is 88.9 cm³/mol. The maximum Gasteiger partial charge on any atom is 0.138 e. The number of benzene rings is 2. The minimum absolute atomic E-state index is 0.483. The van der Waals surface area contributed by atoms with Crippen molar-refractivity contribution in [2.45, 2.75) is 40.0 Å². The summed E-state index contributed by atoms with van der Waals surface area (Å²) in [5.74, 6) is 0.730. The number of hydrogen-bond acceptors (Lipinski definition) is 2. The first-order valence-electron chi connectivity index (χ1n) is 7.25. The fourth-order valence-corrected chi connectivity index (χ4v) is 2.33. The third-order valence-electron chi connectivity index (χ3n) is 3.19. The van der Waals surface area contributed by atoms with Gasteiger partial charge in [0.2, 0.25) is 0 Å². The highest BCUT2D eigenvalue weighted by atomic mass is 35.5. The van der Waals surface area contributed by atoms with Crippen molar-refractivity contribution in [3.8, 4) is 5.75 Å². The van der Waals surface area contributed by atoms with E-state index in [-0.39, 0.29) is 0 Å². The molecule has 2 aromatic carbocycles. The average molecular weight is 304 g/mol. The molecule has 0 amide bonds. The van der Waals surface area contributed by atoms with E-state index in [0.717, 1.165) is 23.4 Å². The van der Waals surface area contributed by atoms with Gasteiger partial charge in [0.05, 0.1) is 5.02 Å². The summed E-state index contributed by atoms with van der Waals surface area (Å²) in [7, 11) is 0. The van der Waals surface area contributed by atoms with Crippen LogP contribution >= 0.6 is 11.6 Å². The Labute approximate surface area is 132 Å². The molecule has 0 aromatic heterocycles. The fourth-order valence-electron chi connectivity index (χ4n) is 2.04. The van der Waals surface area contributed by atoms with E-state index >= 15 is 0 Å². The van der Waals surface area contributed by atoms with Crippen LogP contribution in [0.2, 0.25) is 5.02 Å². The van der Waals surface area contributed by atoms with Gasteiger partial charge in [-0.25, -0.2) is 0 Å². The molecule has 2 rings (SSSR count). The van der Waals surface area contributed by atoms with E-state index in [1.165, 1.54) is 5.56 Å². The molecule has 0 aliphatic heterocycles. The molecule has 0 bridgehead atoms. The molecule has 0 heterocycles. The number of nitrogens with one attached hydrogen (secondary N) is 1. The summed E-state index contributed by atoms with van der Waals surface area (Å²) in [6.07, 6.45) is 0. The Hall–Kier alpha value is -1.51. The second-order valence-corrected chi connectivity index (χ2v) is 5.99. The Kier molecular flexibility index (Phi) is 5.66. The van der Waals surface area contributed by atoms with E-state index in [1.54, 1.807) is 0 Å². The molecule has 3 heteroatoms. The minimum atomic E-state index is 0.483. The Morgan fingerprint density at radius 1 is 1.10 bits per heavy atom.